The first-order valence-electron chi connectivity index (χ1n) is 8.36. The SMILES string of the molecule is CC1CCCN(C(=O)c2cc(NCc3ccccc3F)ccn2)C1. The maximum Gasteiger partial charge on any atom is 0.272 e. The molecule has 1 aromatic carbocycles. The van der Waals surface area contributed by atoms with E-state index in [1.165, 1.54) is 12.5 Å². The van der Waals surface area contributed by atoms with E-state index in [9.17, 15) is 9.18 Å². The first kappa shape index (κ1) is 16.4. The summed E-state index contributed by atoms with van der Waals surface area (Å²) >= 11 is 0. The lowest BCUT2D eigenvalue weighted by Gasteiger charge is -2.30. The number of carbonyl (C=O) groups is 1. The highest BCUT2D eigenvalue weighted by atomic mass is 19.1. The predicted octanol–water partition coefficient (Wildman–Crippen LogP) is 3.70. The Morgan fingerprint density at radius 3 is 3.00 bits per heavy atom. The average Bonchev–Trinajstić information content (AvgIpc) is 2.61. The van der Waals surface area contributed by atoms with Crippen LogP contribution < -0.4 is 5.32 Å². The van der Waals surface area contributed by atoms with Crippen molar-refractivity contribution < 1.29 is 9.18 Å². The van der Waals surface area contributed by atoms with E-state index in [1.807, 2.05) is 4.90 Å². The van der Waals surface area contributed by atoms with Gasteiger partial charge in [0.2, 0.25) is 0 Å². The van der Waals surface area contributed by atoms with Gasteiger partial charge >= 0.3 is 0 Å². The zero-order valence-electron chi connectivity index (χ0n) is 13.8. The number of likely N-dealkylation sites (tertiary alicyclic amines) is 1. The Morgan fingerprint density at radius 1 is 1.38 bits per heavy atom. The molecular formula is C19H22FN3O. The molecule has 1 saturated heterocycles. The standard InChI is InChI=1S/C19H22FN3O/c1-14-5-4-10-23(13-14)19(24)18-11-16(8-9-21-18)22-12-15-6-2-3-7-17(15)20/h2-3,6-9,11,14H,4-5,10,12-13H2,1H3,(H,21,22). The van der Waals surface area contributed by atoms with Crippen LogP contribution in [-0.4, -0.2) is 28.9 Å². The third kappa shape index (κ3) is 3.91. The number of benzene rings is 1. The van der Waals surface area contributed by atoms with Gasteiger partial charge in [0, 0.05) is 37.1 Å². The molecule has 1 aliphatic rings. The second-order valence-corrected chi connectivity index (χ2v) is 6.37. The fourth-order valence-corrected chi connectivity index (χ4v) is 3.03. The second-order valence-electron chi connectivity index (χ2n) is 6.37. The van der Waals surface area contributed by atoms with Crippen LogP contribution in [-0.2, 0) is 6.54 Å². The van der Waals surface area contributed by atoms with Gasteiger partial charge in [-0.1, -0.05) is 25.1 Å². The maximum absolute atomic E-state index is 13.7. The molecule has 0 aliphatic carbocycles. The Morgan fingerprint density at radius 2 is 2.21 bits per heavy atom. The van der Waals surface area contributed by atoms with Gasteiger partial charge in [-0.2, -0.15) is 0 Å². The quantitative estimate of drug-likeness (QED) is 0.931. The van der Waals surface area contributed by atoms with Crippen molar-refractivity contribution in [3.8, 4) is 0 Å². The highest BCUT2D eigenvalue weighted by molar-refractivity contribution is 5.93. The van der Waals surface area contributed by atoms with Crippen LogP contribution in [0.15, 0.2) is 42.6 Å². The van der Waals surface area contributed by atoms with Crippen molar-refractivity contribution in [2.75, 3.05) is 18.4 Å². The molecule has 1 N–H and O–H groups in total. The highest BCUT2D eigenvalue weighted by Crippen LogP contribution is 2.19. The number of nitrogens with zero attached hydrogens (tertiary/aromatic N) is 2. The normalized spacial score (nSPS) is 17.6. The number of rotatable bonds is 4. The Balaban J connectivity index is 1.67. The summed E-state index contributed by atoms with van der Waals surface area (Å²) < 4.78 is 13.7. The van der Waals surface area contributed by atoms with E-state index in [1.54, 1.807) is 36.5 Å². The van der Waals surface area contributed by atoms with Crippen LogP contribution in [0.4, 0.5) is 10.1 Å². The predicted molar refractivity (Wildman–Crippen MR) is 92.3 cm³/mol. The van der Waals surface area contributed by atoms with Gasteiger partial charge in [0.15, 0.2) is 0 Å². The summed E-state index contributed by atoms with van der Waals surface area (Å²) in [7, 11) is 0. The van der Waals surface area contributed by atoms with E-state index in [-0.39, 0.29) is 11.7 Å². The molecule has 1 aliphatic heterocycles. The summed E-state index contributed by atoms with van der Waals surface area (Å²) in [5, 5.41) is 3.16. The van der Waals surface area contributed by atoms with Crippen molar-refractivity contribution in [2.24, 2.45) is 5.92 Å². The third-order valence-corrected chi connectivity index (χ3v) is 4.36. The smallest absolute Gasteiger partial charge is 0.272 e. The number of pyridine rings is 1. The first-order valence-corrected chi connectivity index (χ1v) is 8.36. The molecule has 2 heterocycles. The van der Waals surface area contributed by atoms with Gasteiger partial charge in [-0.3, -0.25) is 9.78 Å². The second kappa shape index (κ2) is 7.43. The maximum atomic E-state index is 13.7. The van der Waals surface area contributed by atoms with Gasteiger partial charge < -0.3 is 10.2 Å². The molecule has 5 heteroatoms. The average molecular weight is 327 g/mol. The monoisotopic (exact) mass is 327 g/mol. The minimum atomic E-state index is -0.238. The molecule has 3 rings (SSSR count). The van der Waals surface area contributed by atoms with Gasteiger partial charge in [-0.25, -0.2) is 4.39 Å². The number of nitrogens with one attached hydrogen (secondary N) is 1. The van der Waals surface area contributed by atoms with Crippen LogP contribution in [0.1, 0.15) is 35.8 Å². The van der Waals surface area contributed by atoms with Crippen LogP contribution in [0.3, 0.4) is 0 Å². The van der Waals surface area contributed by atoms with Crippen molar-refractivity contribution >= 4 is 11.6 Å². The molecule has 1 fully saturated rings. The molecule has 1 aromatic heterocycles. The summed E-state index contributed by atoms with van der Waals surface area (Å²) in [6, 6.07) is 10.2. The van der Waals surface area contributed by atoms with E-state index < -0.39 is 0 Å². The summed E-state index contributed by atoms with van der Waals surface area (Å²) in [4.78, 5) is 18.7. The van der Waals surface area contributed by atoms with Gasteiger partial charge in [0.1, 0.15) is 11.5 Å². The lowest BCUT2D eigenvalue weighted by atomic mass is 10.00. The number of carbonyl (C=O) groups excluding carboxylic acids is 1. The summed E-state index contributed by atoms with van der Waals surface area (Å²) in [5.41, 5.74) is 1.79. The van der Waals surface area contributed by atoms with E-state index in [4.69, 9.17) is 0 Å². The van der Waals surface area contributed by atoms with Crippen LogP contribution >= 0.6 is 0 Å². The van der Waals surface area contributed by atoms with Crippen molar-refractivity contribution in [2.45, 2.75) is 26.3 Å². The summed E-state index contributed by atoms with van der Waals surface area (Å²) in [6.07, 6.45) is 3.82. The number of amides is 1. The topological polar surface area (TPSA) is 45.2 Å². The van der Waals surface area contributed by atoms with Crippen LogP contribution in [0.5, 0.6) is 0 Å². The molecule has 1 atom stereocenters. The molecular weight excluding hydrogens is 305 g/mol. The zero-order chi connectivity index (χ0) is 16.9. The number of halogens is 1. The van der Waals surface area contributed by atoms with Gasteiger partial charge in [0.25, 0.3) is 5.91 Å². The van der Waals surface area contributed by atoms with Gasteiger partial charge in [-0.05, 0) is 37.0 Å². The highest BCUT2D eigenvalue weighted by Gasteiger charge is 2.22. The Hall–Kier alpha value is -2.43. The van der Waals surface area contributed by atoms with E-state index in [0.717, 1.165) is 25.2 Å². The molecule has 0 saturated carbocycles. The molecule has 1 amide bonds. The summed E-state index contributed by atoms with van der Waals surface area (Å²) in [6.45, 7) is 4.11. The Bertz CT molecular complexity index is 719. The minimum Gasteiger partial charge on any atom is -0.381 e. The largest absolute Gasteiger partial charge is 0.381 e. The molecule has 4 nitrogen and oxygen atoms in total. The van der Waals surface area contributed by atoms with Crippen molar-refractivity contribution in [3.05, 3.63) is 59.7 Å². The first-order chi connectivity index (χ1) is 11.6. The van der Waals surface area contributed by atoms with Gasteiger partial charge in [-0.15, -0.1) is 0 Å². The Labute approximate surface area is 141 Å². The lowest BCUT2D eigenvalue weighted by molar-refractivity contribution is 0.0677. The fraction of sp³-hybridized carbons (Fsp3) is 0.368. The molecule has 0 spiro atoms. The Kier molecular flexibility index (Phi) is 5.08. The van der Waals surface area contributed by atoms with Gasteiger partial charge in [0.05, 0.1) is 0 Å². The lowest BCUT2D eigenvalue weighted by Crippen LogP contribution is -2.39. The fourth-order valence-electron chi connectivity index (χ4n) is 3.03. The third-order valence-electron chi connectivity index (χ3n) is 4.36. The number of hydrogen-bond acceptors (Lipinski definition) is 3. The zero-order valence-corrected chi connectivity index (χ0v) is 13.8. The molecule has 126 valence electrons. The number of piperidine rings is 1. The van der Waals surface area contributed by atoms with E-state index >= 15 is 0 Å². The molecule has 24 heavy (non-hydrogen) atoms. The van der Waals surface area contributed by atoms with Crippen molar-refractivity contribution in [1.29, 1.82) is 0 Å². The van der Waals surface area contributed by atoms with Crippen molar-refractivity contribution in [3.63, 3.8) is 0 Å². The minimum absolute atomic E-state index is 0.0314. The molecule has 2 aromatic rings. The van der Waals surface area contributed by atoms with E-state index in [0.29, 0.717) is 23.7 Å². The van der Waals surface area contributed by atoms with Crippen LogP contribution in [0, 0.1) is 11.7 Å². The van der Waals surface area contributed by atoms with E-state index in [2.05, 4.69) is 17.2 Å². The van der Waals surface area contributed by atoms with Crippen LogP contribution in [0.2, 0.25) is 0 Å². The van der Waals surface area contributed by atoms with Crippen LogP contribution in [0.25, 0.3) is 0 Å². The molecule has 0 radical (unpaired) electrons. The molecule has 1 unspecified atom stereocenters. The summed E-state index contributed by atoms with van der Waals surface area (Å²) in [5.74, 6) is 0.263. The number of anilines is 1. The van der Waals surface area contributed by atoms with Crippen molar-refractivity contribution in [1.82, 2.24) is 9.88 Å². The number of hydrogen-bond donors (Lipinski definition) is 1. The number of aromatic nitrogens is 1. The molecule has 0 bridgehead atoms.